The number of hydrogen-bond donors (Lipinski definition) is 0. The highest BCUT2D eigenvalue weighted by Gasteiger charge is 2.02. The van der Waals surface area contributed by atoms with Gasteiger partial charge in [0, 0.05) is 0 Å². The summed E-state index contributed by atoms with van der Waals surface area (Å²) in [6, 6.07) is 0. The van der Waals surface area contributed by atoms with E-state index in [2.05, 4.69) is 0 Å². The highest BCUT2D eigenvalue weighted by molar-refractivity contribution is 7.38. The molecule has 8 heavy (non-hydrogen) atoms. The second kappa shape index (κ2) is 7.59. The van der Waals surface area contributed by atoms with Crippen molar-refractivity contribution in [2.75, 3.05) is 13.3 Å². The predicted molar refractivity (Wildman–Crippen MR) is 39.7 cm³/mol. The van der Waals surface area contributed by atoms with Crippen LogP contribution in [0.5, 0.6) is 0 Å². The van der Waals surface area contributed by atoms with Gasteiger partial charge in [0.15, 0.2) is 24.0 Å². The third kappa shape index (κ3) is 9.78. The largest absolute Gasteiger partial charge is 0.504 e. The maximum absolute atomic E-state index is 10.1. The molecule has 0 aromatic carbocycles. The Morgan fingerprint density at radius 1 is 1.62 bits per heavy atom. The molecule has 0 aromatic heterocycles. The van der Waals surface area contributed by atoms with Gasteiger partial charge in [0.25, 0.3) is 0 Å². The van der Waals surface area contributed by atoms with E-state index in [4.69, 9.17) is 4.52 Å². The molecule has 0 fully saturated rings. The highest BCUT2D eigenvalue weighted by atomic mass is 31.1. The van der Waals surface area contributed by atoms with Gasteiger partial charge in [0.2, 0.25) is 0 Å². The molecule has 0 bridgehead atoms. The second-order valence-corrected chi connectivity index (χ2v) is 2.41. The Balaban J connectivity index is 0. The molecule has 0 amide bonds. The van der Waals surface area contributed by atoms with Crippen LogP contribution in [0.25, 0.3) is 0 Å². The van der Waals surface area contributed by atoms with Gasteiger partial charge in [-0.1, -0.05) is 6.92 Å². The molecule has 0 spiro atoms. The summed E-state index contributed by atoms with van der Waals surface area (Å²) in [5, 5.41) is 0. The van der Waals surface area contributed by atoms with Crippen LogP contribution in [0.3, 0.4) is 0 Å². The Bertz CT molecular complexity index is 67.1. The summed E-state index contributed by atoms with van der Waals surface area (Å²) in [5.41, 5.74) is 0. The van der Waals surface area contributed by atoms with Crippen LogP contribution in [0.4, 0.5) is 0 Å². The molecule has 0 aliphatic rings. The van der Waals surface area contributed by atoms with Gasteiger partial charge in [-0.3, -0.25) is 0 Å². The van der Waals surface area contributed by atoms with E-state index < -0.39 is 8.03 Å². The monoisotopic (exact) mass is 151 g/mol. The molecule has 0 saturated carbocycles. The van der Waals surface area contributed by atoms with Crippen LogP contribution in [-0.2, 0) is 9.09 Å². The maximum atomic E-state index is 10.1. The first-order chi connectivity index (χ1) is 3.27. The highest BCUT2D eigenvalue weighted by Crippen LogP contribution is 2.14. The lowest BCUT2D eigenvalue weighted by atomic mass is 10.5. The predicted octanol–water partition coefficient (Wildman–Crippen LogP) is 0.601. The van der Waals surface area contributed by atoms with Gasteiger partial charge in [-0.15, -0.1) is 4.52 Å². The van der Waals surface area contributed by atoms with Crippen LogP contribution in [0.2, 0.25) is 0 Å². The average Bonchev–Trinajstić information content (AvgIpc) is 1.61. The van der Waals surface area contributed by atoms with Gasteiger partial charge in [-0.25, -0.2) is 0 Å². The smallest absolute Gasteiger partial charge is 0.147 e. The van der Waals surface area contributed by atoms with Gasteiger partial charge in [0.1, 0.15) is 6.61 Å². The van der Waals surface area contributed by atoms with E-state index in [0.717, 1.165) is 6.42 Å². The van der Waals surface area contributed by atoms with E-state index in [0.29, 0.717) is 6.61 Å². The molecule has 0 heterocycles. The van der Waals surface area contributed by atoms with Crippen molar-refractivity contribution in [3.8, 4) is 0 Å². The van der Waals surface area contributed by atoms with Crippen molar-refractivity contribution in [1.82, 2.24) is 0 Å². The molecule has 0 aliphatic heterocycles. The Morgan fingerprint density at radius 2 is 2.12 bits per heavy atom. The molecule has 4 heteroatoms. The lowest BCUT2D eigenvalue weighted by molar-refractivity contribution is 0.332. The van der Waals surface area contributed by atoms with E-state index in [-0.39, 0.29) is 17.4 Å². The molecule has 0 aliphatic carbocycles. The van der Waals surface area contributed by atoms with Crippen molar-refractivity contribution in [3.05, 3.63) is 0 Å². The molecule has 1 atom stereocenters. The van der Waals surface area contributed by atoms with Crippen molar-refractivity contribution in [1.29, 1.82) is 0 Å². The van der Waals surface area contributed by atoms with Gasteiger partial charge in [-0.2, -0.15) is 0 Å². The summed E-state index contributed by atoms with van der Waals surface area (Å²) in [6.07, 6.45) is 0.939. The lowest BCUT2D eigenvalue weighted by Crippen LogP contribution is -1.79. The molecule has 2 nitrogen and oxygen atoms in total. The molecule has 0 saturated heterocycles. The summed E-state index contributed by atoms with van der Waals surface area (Å²) in [7, 11) is -1.36. The molecule has 48 valence electrons. The third-order valence-electron chi connectivity index (χ3n) is 0.477. The van der Waals surface area contributed by atoms with Crippen molar-refractivity contribution in [2.24, 2.45) is 0 Å². The third-order valence-corrected chi connectivity index (χ3v) is 1.02. The fourth-order valence-electron chi connectivity index (χ4n) is 0.220. The van der Waals surface area contributed by atoms with Gasteiger partial charge in [-0.05, 0) is 11.0 Å². The van der Waals surface area contributed by atoms with E-state index in [9.17, 15) is 4.57 Å². The number of hydrogen-bond acceptors (Lipinski definition) is 2. The zero-order chi connectivity index (χ0) is 5.70. The van der Waals surface area contributed by atoms with Crippen molar-refractivity contribution >= 4 is 25.4 Å². The van der Waals surface area contributed by atoms with Crippen LogP contribution >= 0.6 is 8.03 Å². The van der Waals surface area contributed by atoms with Crippen molar-refractivity contribution < 1.29 is 9.09 Å². The van der Waals surface area contributed by atoms with Gasteiger partial charge >= 0.3 is 8.03 Å². The quantitative estimate of drug-likeness (QED) is 0.436. The summed E-state index contributed by atoms with van der Waals surface area (Å²) in [4.78, 5) is 0. The zero-order valence-corrected chi connectivity index (χ0v) is 5.57. The van der Waals surface area contributed by atoms with Crippen molar-refractivity contribution in [3.63, 3.8) is 0 Å². The van der Waals surface area contributed by atoms with Gasteiger partial charge in [0.05, 0.1) is 0 Å². The van der Waals surface area contributed by atoms with E-state index in [1.807, 2.05) is 6.92 Å². The topological polar surface area (TPSA) is 26.3 Å². The normalized spacial score (nSPS) is 10.0. The Labute approximate surface area is 61.6 Å². The summed E-state index contributed by atoms with van der Waals surface area (Å²) < 4.78 is 14.8. The minimum atomic E-state index is -1.36. The van der Waals surface area contributed by atoms with Crippen LogP contribution in [0, 0.1) is 0 Å². The Hall–Kier alpha value is 0.592. The summed E-state index contributed by atoms with van der Waals surface area (Å²) in [6.45, 7) is 4.16. The van der Waals surface area contributed by atoms with Crippen LogP contribution in [0.1, 0.15) is 13.3 Å². The Kier molecular flexibility index (Phi) is 10.8. The van der Waals surface area contributed by atoms with Gasteiger partial charge < -0.3 is 0 Å². The molecular weight excluding hydrogens is 138 g/mol. The SMILES string of the molecule is CCCO[P+](C)=O.[AlH3]. The minimum Gasteiger partial charge on any atom is -0.147 e. The van der Waals surface area contributed by atoms with E-state index >= 15 is 0 Å². The second-order valence-electron chi connectivity index (χ2n) is 1.27. The zero-order valence-electron chi connectivity index (χ0n) is 4.68. The summed E-state index contributed by atoms with van der Waals surface area (Å²) in [5.74, 6) is 0. The standard InChI is InChI=1S/C4H10O2P.Al.3H/c1-3-4-6-7(2)5;;;;/h3-4H2,1-2H3;;;;/q+1;;;;. The molecule has 0 aromatic rings. The fourth-order valence-corrected chi connectivity index (χ4v) is 0.660. The van der Waals surface area contributed by atoms with Crippen LogP contribution < -0.4 is 0 Å². The fraction of sp³-hybridized carbons (Fsp3) is 1.00. The summed E-state index contributed by atoms with van der Waals surface area (Å²) >= 11 is 0. The first-order valence-corrected chi connectivity index (χ1v) is 3.93. The van der Waals surface area contributed by atoms with Crippen molar-refractivity contribution in [2.45, 2.75) is 13.3 Å². The molecule has 0 N–H and O–H groups in total. The first kappa shape index (κ1) is 11.4. The minimum absolute atomic E-state index is 0. The molecule has 0 radical (unpaired) electrons. The van der Waals surface area contributed by atoms with E-state index in [1.165, 1.54) is 0 Å². The average molecular weight is 151 g/mol. The lowest BCUT2D eigenvalue weighted by Gasteiger charge is -1.78. The van der Waals surface area contributed by atoms with Crippen LogP contribution in [-0.4, -0.2) is 30.6 Å². The molecule has 1 unspecified atom stereocenters. The van der Waals surface area contributed by atoms with Crippen LogP contribution in [0.15, 0.2) is 0 Å². The Morgan fingerprint density at radius 3 is 2.25 bits per heavy atom. The molecule has 0 rings (SSSR count). The maximum Gasteiger partial charge on any atom is 0.504 e. The molecular formula is C4H13AlO2P+. The number of rotatable bonds is 3. The first-order valence-electron chi connectivity index (χ1n) is 2.31. The van der Waals surface area contributed by atoms with E-state index in [1.54, 1.807) is 6.66 Å².